The smallest absolute Gasteiger partial charge is 0.192 e. The molecule has 10 heteroatoms. The summed E-state index contributed by atoms with van der Waals surface area (Å²) in [5, 5.41) is 14.9. The van der Waals surface area contributed by atoms with Crippen molar-refractivity contribution in [2.75, 3.05) is 33.4 Å². The van der Waals surface area contributed by atoms with Crippen LogP contribution in [0, 0.1) is 18.6 Å². The van der Waals surface area contributed by atoms with Gasteiger partial charge < -0.3 is 19.9 Å². The van der Waals surface area contributed by atoms with Gasteiger partial charge in [-0.2, -0.15) is 0 Å². The third kappa shape index (κ3) is 6.44. The van der Waals surface area contributed by atoms with E-state index in [2.05, 4.69) is 30.7 Å². The maximum Gasteiger partial charge on any atom is 0.192 e. The standard InChI is InChI=1S/C21H31F2N7O/c1-15-27-28-20(29(15)2)12-25-21(24-9-11-31-3)26-16-6-5-10-30(13-16)14-17-18(22)7-4-8-19(17)23/h4,7-8,16H,5-6,9-14H2,1-3H3,(H2,24,25,26). The van der Waals surface area contributed by atoms with Crippen LogP contribution in [-0.2, 0) is 24.9 Å². The number of piperidine rings is 1. The molecule has 0 saturated carbocycles. The van der Waals surface area contributed by atoms with Gasteiger partial charge in [0.25, 0.3) is 0 Å². The van der Waals surface area contributed by atoms with E-state index < -0.39 is 11.6 Å². The molecule has 0 amide bonds. The Bertz CT molecular complexity index is 866. The summed E-state index contributed by atoms with van der Waals surface area (Å²) in [7, 11) is 3.56. The molecule has 31 heavy (non-hydrogen) atoms. The molecule has 1 fully saturated rings. The summed E-state index contributed by atoms with van der Waals surface area (Å²) in [6, 6.07) is 4.11. The summed E-state index contributed by atoms with van der Waals surface area (Å²) < 4.78 is 35.1. The minimum atomic E-state index is -0.502. The number of likely N-dealkylation sites (tertiary alicyclic amines) is 1. The van der Waals surface area contributed by atoms with Crippen molar-refractivity contribution in [3.8, 4) is 0 Å². The van der Waals surface area contributed by atoms with E-state index in [-0.39, 0.29) is 18.2 Å². The molecule has 1 aromatic heterocycles. The predicted molar refractivity (Wildman–Crippen MR) is 115 cm³/mol. The number of benzene rings is 1. The molecular weight excluding hydrogens is 404 g/mol. The molecule has 1 aliphatic heterocycles. The van der Waals surface area contributed by atoms with Crippen LogP contribution in [0.3, 0.4) is 0 Å². The molecule has 1 atom stereocenters. The van der Waals surface area contributed by atoms with Gasteiger partial charge in [-0.05, 0) is 38.4 Å². The minimum absolute atomic E-state index is 0.110. The van der Waals surface area contributed by atoms with Gasteiger partial charge in [-0.3, -0.25) is 4.90 Å². The van der Waals surface area contributed by atoms with Crippen LogP contribution in [0.1, 0.15) is 30.1 Å². The molecule has 2 heterocycles. The van der Waals surface area contributed by atoms with Gasteiger partial charge in [0.2, 0.25) is 0 Å². The zero-order chi connectivity index (χ0) is 22.2. The summed E-state index contributed by atoms with van der Waals surface area (Å²) in [5.74, 6) is 1.25. The molecule has 1 saturated heterocycles. The lowest BCUT2D eigenvalue weighted by Crippen LogP contribution is -2.51. The number of rotatable bonds is 8. The normalized spacial score (nSPS) is 17.7. The van der Waals surface area contributed by atoms with Crippen molar-refractivity contribution >= 4 is 5.96 Å². The van der Waals surface area contributed by atoms with E-state index in [0.717, 1.165) is 31.0 Å². The van der Waals surface area contributed by atoms with E-state index in [4.69, 9.17) is 4.74 Å². The highest BCUT2D eigenvalue weighted by Gasteiger charge is 2.23. The summed E-state index contributed by atoms with van der Waals surface area (Å²) in [4.78, 5) is 6.72. The van der Waals surface area contributed by atoms with Crippen molar-refractivity contribution in [2.24, 2.45) is 12.0 Å². The quantitative estimate of drug-likeness (QED) is 0.374. The molecule has 3 rings (SSSR count). The van der Waals surface area contributed by atoms with E-state index in [9.17, 15) is 8.78 Å². The number of aliphatic imine (C=N–C) groups is 1. The minimum Gasteiger partial charge on any atom is -0.383 e. The van der Waals surface area contributed by atoms with Crippen LogP contribution >= 0.6 is 0 Å². The van der Waals surface area contributed by atoms with Crippen molar-refractivity contribution in [2.45, 2.75) is 38.9 Å². The Morgan fingerprint density at radius 1 is 1.29 bits per heavy atom. The molecule has 1 aromatic carbocycles. The number of nitrogens with one attached hydrogen (secondary N) is 2. The Labute approximate surface area is 181 Å². The summed E-state index contributed by atoms with van der Waals surface area (Å²) in [5.41, 5.74) is 0.118. The van der Waals surface area contributed by atoms with Crippen LogP contribution < -0.4 is 10.6 Å². The molecule has 1 aliphatic rings. The number of nitrogens with zero attached hydrogens (tertiary/aromatic N) is 5. The van der Waals surface area contributed by atoms with Gasteiger partial charge >= 0.3 is 0 Å². The Hall–Kier alpha value is -2.59. The molecule has 0 spiro atoms. The number of methoxy groups -OCH3 is 1. The number of halogens is 2. The van der Waals surface area contributed by atoms with Crippen LogP contribution in [-0.4, -0.2) is 65.0 Å². The highest BCUT2D eigenvalue weighted by Crippen LogP contribution is 2.18. The van der Waals surface area contributed by atoms with Crippen molar-refractivity contribution < 1.29 is 13.5 Å². The number of aromatic nitrogens is 3. The lowest BCUT2D eigenvalue weighted by molar-refractivity contribution is 0.187. The Morgan fingerprint density at radius 3 is 2.74 bits per heavy atom. The van der Waals surface area contributed by atoms with Gasteiger partial charge in [-0.15, -0.1) is 10.2 Å². The number of aryl methyl sites for hydroxylation is 1. The zero-order valence-electron chi connectivity index (χ0n) is 18.4. The lowest BCUT2D eigenvalue weighted by atomic mass is 10.0. The maximum absolute atomic E-state index is 14.0. The number of hydrogen-bond acceptors (Lipinski definition) is 5. The van der Waals surface area contributed by atoms with Crippen molar-refractivity contribution in [3.05, 3.63) is 47.0 Å². The molecule has 0 aliphatic carbocycles. The fraction of sp³-hybridized carbons (Fsp3) is 0.571. The topological polar surface area (TPSA) is 79.6 Å². The number of ether oxygens (including phenoxy) is 1. The molecule has 170 valence electrons. The average Bonchev–Trinajstić information content (AvgIpc) is 3.07. The van der Waals surface area contributed by atoms with Gasteiger partial charge in [0.1, 0.15) is 24.0 Å². The monoisotopic (exact) mass is 435 g/mol. The zero-order valence-corrected chi connectivity index (χ0v) is 18.4. The van der Waals surface area contributed by atoms with E-state index in [0.29, 0.717) is 32.2 Å². The first-order valence-corrected chi connectivity index (χ1v) is 10.5. The van der Waals surface area contributed by atoms with E-state index in [1.807, 2.05) is 18.5 Å². The lowest BCUT2D eigenvalue weighted by Gasteiger charge is -2.34. The Balaban J connectivity index is 1.63. The molecule has 2 aromatic rings. The number of guanidine groups is 1. The second-order valence-electron chi connectivity index (χ2n) is 7.73. The molecule has 8 nitrogen and oxygen atoms in total. The van der Waals surface area contributed by atoms with Crippen LogP contribution in [0.4, 0.5) is 8.78 Å². The largest absolute Gasteiger partial charge is 0.383 e. The van der Waals surface area contributed by atoms with Crippen molar-refractivity contribution in [3.63, 3.8) is 0 Å². The van der Waals surface area contributed by atoms with Gasteiger partial charge in [0.05, 0.1) is 6.61 Å². The van der Waals surface area contributed by atoms with E-state index in [1.165, 1.54) is 18.2 Å². The summed E-state index contributed by atoms with van der Waals surface area (Å²) in [6.45, 7) is 5.15. The van der Waals surface area contributed by atoms with Crippen molar-refractivity contribution in [1.29, 1.82) is 0 Å². The third-order valence-corrected chi connectivity index (χ3v) is 5.45. The highest BCUT2D eigenvalue weighted by molar-refractivity contribution is 5.80. The first-order chi connectivity index (χ1) is 15.0. The van der Waals surface area contributed by atoms with E-state index in [1.54, 1.807) is 7.11 Å². The first-order valence-electron chi connectivity index (χ1n) is 10.5. The van der Waals surface area contributed by atoms with Crippen molar-refractivity contribution in [1.82, 2.24) is 30.3 Å². The second-order valence-corrected chi connectivity index (χ2v) is 7.73. The Morgan fingerprint density at radius 2 is 2.06 bits per heavy atom. The molecule has 0 radical (unpaired) electrons. The van der Waals surface area contributed by atoms with Crippen LogP contribution in [0.5, 0.6) is 0 Å². The molecule has 2 N–H and O–H groups in total. The summed E-state index contributed by atoms with van der Waals surface area (Å²) >= 11 is 0. The molecular formula is C21H31F2N7O. The van der Waals surface area contributed by atoms with Gasteiger partial charge in [0.15, 0.2) is 11.8 Å². The fourth-order valence-electron chi connectivity index (χ4n) is 3.58. The average molecular weight is 436 g/mol. The van der Waals surface area contributed by atoms with Gasteiger partial charge in [0, 0.05) is 45.4 Å². The van der Waals surface area contributed by atoms with Crippen LogP contribution in [0.2, 0.25) is 0 Å². The Kier molecular flexibility index (Phi) is 8.30. The summed E-state index contributed by atoms with van der Waals surface area (Å²) in [6.07, 6.45) is 1.88. The van der Waals surface area contributed by atoms with Gasteiger partial charge in [-0.25, -0.2) is 13.8 Å². The van der Waals surface area contributed by atoms with Crippen LogP contribution in [0.25, 0.3) is 0 Å². The van der Waals surface area contributed by atoms with Crippen LogP contribution in [0.15, 0.2) is 23.2 Å². The van der Waals surface area contributed by atoms with E-state index >= 15 is 0 Å². The predicted octanol–water partition coefficient (Wildman–Crippen LogP) is 1.75. The number of hydrogen-bond donors (Lipinski definition) is 2. The second kappa shape index (κ2) is 11.1. The maximum atomic E-state index is 14.0. The first kappa shape index (κ1) is 23.1. The molecule has 1 unspecified atom stereocenters. The molecule has 0 bridgehead atoms. The fourth-order valence-corrected chi connectivity index (χ4v) is 3.58. The van der Waals surface area contributed by atoms with Gasteiger partial charge in [-0.1, -0.05) is 6.07 Å². The third-order valence-electron chi connectivity index (χ3n) is 5.45. The SMILES string of the molecule is COCCNC(=NCc1nnc(C)n1C)NC1CCCN(Cc2c(F)cccc2F)C1. The highest BCUT2D eigenvalue weighted by atomic mass is 19.1.